The number of aromatic nitrogens is 2. The van der Waals surface area contributed by atoms with Crippen LogP contribution in [0.1, 0.15) is 12.0 Å². The Morgan fingerprint density at radius 2 is 1.96 bits per heavy atom. The van der Waals surface area contributed by atoms with Gasteiger partial charge in [0.25, 0.3) is 0 Å². The first kappa shape index (κ1) is 14.5. The van der Waals surface area contributed by atoms with E-state index in [1.165, 1.54) is 5.56 Å². The molecule has 0 saturated carbocycles. The molecule has 3 aromatic rings. The third-order valence-corrected chi connectivity index (χ3v) is 5.35. The highest BCUT2D eigenvalue weighted by Crippen LogP contribution is 2.44. The molecular formula is C20H19N3O2. The molecular weight excluding hydrogens is 314 g/mol. The highest BCUT2D eigenvalue weighted by Gasteiger charge is 2.52. The molecule has 25 heavy (non-hydrogen) atoms. The second-order valence-electron chi connectivity index (χ2n) is 6.80. The molecule has 0 amide bonds. The number of aliphatic hydroxyl groups excluding tert-OH is 1. The molecule has 0 bridgehead atoms. The van der Waals surface area contributed by atoms with E-state index in [9.17, 15) is 5.11 Å². The normalized spacial score (nSPS) is 24.5. The minimum absolute atomic E-state index is 0.535. The number of hydrogen-bond donors (Lipinski definition) is 2. The van der Waals surface area contributed by atoms with Crippen molar-refractivity contribution in [2.24, 2.45) is 0 Å². The van der Waals surface area contributed by atoms with Crippen LogP contribution in [0.3, 0.4) is 0 Å². The number of benzene rings is 2. The van der Waals surface area contributed by atoms with Crippen LogP contribution in [0, 0.1) is 0 Å². The van der Waals surface area contributed by atoms with E-state index in [0.717, 1.165) is 42.0 Å². The van der Waals surface area contributed by atoms with Crippen molar-refractivity contribution in [2.75, 3.05) is 11.4 Å². The largest absolute Gasteiger partial charge is 0.482 e. The number of hydrogen-bond acceptors (Lipinski definition) is 4. The van der Waals surface area contributed by atoms with Crippen LogP contribution in [0.4, 0.5) is 5.69 Å². The standard InChI is InChI=1S/C20H19N3O2/c24-19-20(11-15-3-1-2-4-18(15)25-20)9-10-23(19)17-7-5-14(6-8-17)16-12-21-22-13-16/h1-8,12-13,19,24H,9-11H2,(H,21,22). The SMILES string of the molecule is OC1N(c2ccc(-c3cn[nH]c3)cc2)CCC12Cc1ccccc1O2. The second kappa shape index (κ2) is 5.36. The maximum absolute atomic E-state index is 11.0. The lowest BCUT2D eigenvalue weighted by atomic mass is 9.95. The summed E-state index contributed by atoms with van der Waals surface area (Å²) >= 11 is 0. The van der Waals surface area contributed by atoms with Crippen molar-refractivity contribution in [1.82, 2.24) is 10.2 Å². The summed E-state index contributed by atoms with van der Waals surface area (Å²) in [5, 5.41) is 17.8. The van der Waals surface area contributed by atoms with Crippen LogP contribution in [-0.2, 0) is 6.42 Å². The van der Waals surface area contributed by atoms with Gasteiger partial charge in [0.15, 0.2) is 11.8 Å². The topological polar surface area (TPSA) is 61.4 Å². The maximum Gasteiger partial charge on any atom is 0.167 e. The van der Waals surface area contributed by atoms with Crippen LogP contribution < -0.4 is 9.64 Å². The highest BCUT2D eigenvalue weighted by molar-refractivity contribution is 5.65. The third-order valence-electron chi connectivity index (χ3n) is 5.35. The van der Waals surface area contributed by atoms with E-state index >= 15 is 0 Å². The lowest BCUT2D eigenvalue weighted by Crippen LogP contribution is -2.48. The first-order valence-corrected chi connectivity index (χ1v) is 8.56. The van der Waals surface area contributed by atoms with Crippen molar-refractivity contribution in [3.63, 3.8) is 0 Å². The number of para-hydroxylation sites is 1. The number of rotatable bonds is 2. The van der Waals surface area contributed by atoms with Gasteiger partial charge in [-0.25, -0.2) is 0 Å². The van der Waals surface area contributed by atoms with Gasteiger partial charge in [-0.05, 0) is 29.3 Å². The molecule has 2 aromatic carbocycles. The smallest absolute Gasteiger partial charge is 0.167 e. The van der Waals surface area contributed by atoms with Crippen LogP contribution in [-0.4, -0.2) is 33.7 Å². The van der Waals surface area contributed by atoms with Gasteiger partial charge in [-0.2, -0.15) is 5.10 Å². The molecule has 2 atom stereocenters. The number of ether oxygens (including phenoxy) is 1. The van der Waals surface area contributed by atoms with Gasteiger partial charge < -0.3 is 14.7 Å². The van der Waals surface area contributed by atoms with E-state index < -0.39 is 11.8 Å². The van der Waals surface area contributed by atoms with Gasteiger partial charge >= 0.3 is 0 Å². The molecule has 2 aliphatic heterocycles. The molecule has 0 radical (unpaired) electrons. The number of anilines is 1. The Hall–Kier alpha value is -2.79. The fraction of sp³-hybridized carbons (Fsp3) is 0.250. The average Bonchev–Trinajstić information content (AvgIpc) is 3.36. The number of H-pyrrole nitrogens is 1. The summed E-state index contributed by atoms with van der Waals surface area (Å²) in [6.45, 7) is 0.778. The molecule has 3 heterocycles. The number of aromatic amines is 1. The Bertz CT molecular complexity index is 865. The average molecular weight is 333 g/mol. The third kappa shape index (κ3) is 2.23. The molecule has 1 saturated heterocycles. The Morgan fingerprint density at radius 1 is 1.12 bits per heavy atom. The molecule has 1 aromatic heterocycles. The van der Waals surface area contributed by atoms with Crippen molar-refractivity contribution in [1.29, 1.82) is 0 Å². The maximum atomic E-state index is 11.0. The quantitative estimate of drug-likeness (QED) is 0.757. The fourth-order valence-corrected chi connectivity index (χ4v) is 3.98. The summed E-state index contributed by atoms with van der Waals surface area (Å²) in [6.07, 6.45) is 4.59. The van der Waals surface area contributed by atoms with Crippen LogP contribution in [0.25, 0.3) is 11.1 Å². The van der Waals surface area contributed by atoms with Gasteiger partial charge in [0.2, 0.25) is 0 Å². The van der Waals surface area contributed by atoms with Crippen molar-refractivity contribution in [3.8, 4) is 16.9 Å². The molecule has 1 spiro atoms. The second-order valence-corrected chi connectivity index (χ2v) is 6.80. The van der Waals surface area contributed by atoms with Crippen LogP contribution >= 0.6 is 0 Å². The molecule has 126 valence electrons. The Kier molecular flexibility index (Phi) is 3.12. The van der Waals surface area contributed by atoms with E-state index in [1.807, 2.05) is 41.4 Å². The summed E-state index contributed by atoms with van der Waals surface area (Å²) in [5.41, 5.74) is 3.81. The molecule has 0 aliphatic carbocycles. The van der Waals surface area contributed by atoms with Gasteiger partial charge in [0, 0.05) is 36.8 Å². The minimum atomic E-state index is -0.653. The predicted molar refractivity (Wildman–Crippen MR) is 95.5 cm³/mol. The summed E-state index contributed by atoms with van der Waals surface area (Å²) in [6, 6.07) is 16.3. The van der Waals surface area contributed by atoms with Crippen LogP contribution in [0.15, 0.2) is 60.9 Å². The Morgan fingerprint density at radius 3 is 2.72 bits per heavy atom. The van der Waals surface area contributed by atoms with Crippen molar-refractivity contribution in [2.45, 2.75) is 24.7 Å². The van der Waals surface area contributed by atoms with Crippen molar-refractivity contribution >= 4 is 5.69 Å². The minimum Gasteiger partial charge on any atom is -0.482 e. The molecule has 1 fully saturated rings. The van der Waals surface area contributed by atoms with Crippen LogP contribution in [0.2, 0.25) is 0 Å². The first-order valence-electron chi connectivity index (χ1n) is 8.56. The van der Waals surface area contributed by atoms with Crippen LogP contribution in [0.5, 0.6) is 5.75 Å². The number of fused-ring (bicyclic) bond motifs is 1. The van der Waals surface area contributed by atoms with E-state index in [4.69, 9.17) is 4.74 Å². The Balaban J connectivity index is 1.40. The first-order chi connectivity index (χ1) is 12.3. The van der Waals surface area contributed by atoms with E-state index in [1.54, 1.807) is 6.20 Å². The van der Waals surface area contributed by atoms with E-state index in [2.05, 4.69) is 28.4 Å². The summed E-state index contributed by atoms with van der Waals surface area (Å²) < 4.78 is 6.20. The zero-order valence-electron chi connectivity index (χ0n) is 13.7. The van der Waals surface area contributed by atoms with Gasteiger partial charge in [-0.15, -0.1) is 0 Å². The lowest BCUT2D eigenvalue weighted by molar-refractivity contribution is -0.0151. The van der Waals surface area contributed by atoms with Crippen molar-refractivity contribution in [3.05, 3.63) is 66.5 Å². The van der Waals surface area contributed by atoms with Crippen molar-refractivity contribution < 1.29 is 9.84 Å². The molecule has 5 nitrogen and oxygen atoms in total. The molecule has 2 unspecified atom stereocenters. The number of aliphatic hydroxyl groups is 1. The number of nitrogens with one attached hydrogen (secondary N) is 1. The van der Waals surface area contributed by atoms with Gasteiger partial charge in [-0.1, -0.05) is 30.3 Å². The van der Waals surface area contributed by atoms with Gasteiger partial charge in [0.05, 0.1) is 6.20 Å². The van der Waals surface area contributed by atoms with Gasteiger partial charge in [0.1, 0.15) is 5.75 Å². The van der Waals surface area contributed by atoms with E-state index in [0.29, 0.717) is 0 Å². The van der Waals surface area contributed by atoms with E-state index in [-0.39, 0.29) is 0 Å². The lowest BCUT2D eigenvalue weighted by Gasteiger charge is -2.31. The van der Waals surface area contributed by atoms with Gasteiger partial charge in [-0.3, -0.25) is 5.10 Å². The molecule has 5 heteroatoms. The summed E-state index contributed by atoms with van der Waals surface area (Å²) in [5.74, 6) is 0.902. The summed E-state index contributed by atoms with van der Waals surface area (Å²) in [7, 11) is 0. The molecule has 2 aliphatic rings. The zero-order chi connectivity index (χ0) is 16.9. The summed E-state index contributed by atoms with van der Waals surface area (Å²) in [4.78, 5) is 2.03. The Labute approximate surface area is 145 Å². The predicted octanol–water partition coefficient (Wildman–Crippen LogP) is 2.98. The zero-order valence-corrected chi connectivity index (χ0v) is 13.7. The number of nitrogens with zero attached hydrogens (tertiary/aromatic N) is 2. The fourth-order valence-electron chi connectivity index (χ4n) is 3.98. The molecule has 2 N–H and O–H groups in total. The highest BCUT2D eigenvalue weighted by atomic mass is 16.5. The molecule has 5 rings (SSSR count). The monoisotopic (exact) mass is 333 g/mol.